The molecule has 34 heavy (non-hydrogen) atoms. The van der Waals surface area contributed by atoms with Crippen LogP contribution in [-0.2, 0) is 22.4 Å². The van der Waals surface area contributed by atoms with Crippen LogP contribution in [0.2, 0.25) is 0 Å². The molecule has 4 rings (SSSR count). The first kappa shape index (κ1) is 23.4. The van der Waals surface area contributed by atoms with E-state index in [1.54, 1.807) is 54.6 Å². The van der Waals surface area contributed by atoms with Crippen LogP contribution in [0.15, 0.2) is 83.8 Å². The fourth-order valence-electron chi connectivity index (χ4n) is 3.24. The zero-order chi connectivity index (χ0) is 23.9. The van der Waals surface area contributed by atoms with E-state index < -0.39 is 11.0 Å². The first-order chi connectivity index (χ1) is 16.6. The number of hydrogen-bond donors (Lipinski definition) is 3. The summed E-state index contributed by atoms with van der Waals surface area (Å²) in [6, 6.07) is 23.6. The summed E-state index contributed by atoms with van der Waals surface area (Å²) in [6.07, 6.45) is 0. The topological polar surface area (TPSA) is 106 Å². The zero-order valence-electron chi connectivity index (χ0n) is 18.7. The Bertz CT molecular complexity index is 1300. The van der Waals surface area contributed by atoms with Gasteiger partial charge < -0.3 is 9.84 Å². The van der Waals surface area contributed by atoms with Crippen LogP contribution in [0.5, 0.6) is 11.6 Å². The minimum atomic E-state index is -1.63. The van der Waals surface area contributed by atoms with Crippen molar-refractivity contribution >= 4 is 22.6 Å². The molecule has 1 unspecified atom stereocenters. The molecule has 4 aromatic rings. The van der Waals surface area contributed by atoms with Gasteiger partial charge >= 0.3 is 0 Å². The molecule has 0 aliphatic rings. The predicted molar refractivity (Wildman–Crippen MR) is 132 cm³/mol. The van der Waals surface area contributed by atoms with Gasteiger partial charge in [0.15, 0.2) is 11.0 Å². The Morgan fingerprint density at radius 2 is 1.76 bits per heavy atom. The summed E-state index contributed by atoms with van der Waals surface area (Å²) in [6.45, 7) is 1.94. The van der Waals surface area contributed by atoms with E-state index in [1.807, 2.05) is 31.2 Å². The molecule has 0 radical (unpaired) electrons. The molecule has 1 atom stereocenters. The number of nitrogens with zero attached hydrogens (tertiary/aromatic N) is 2. The van der Waals surface area contributed by atoms with Crippen molar-refractivity contribution in [1.29, 1.82) is 0 Å². The van der Waals surface area contributed by atoms with Crippen LogP contribution in [0.3, 0.4) is 0 Å². The Kier molecular flexibility index (Phi) is 7.48. The van der Waals surface area contributed by atoms with Gasteiger partial charge in [-0.1, -0.05) is 42.5 Å². The summed E-state index contributed by atoms with van der Waals surface area (Å²) in [4.78, 5) is 14.5. The standard InChI is InChI=1S/C25H24N4O4S/c1-17-6-3-4-9-22(17)23-15-24(33-20-12-10-18(16-30)11-13-20)27-25(26-23)29-34(31)21-8-5-7-19(14-21)28-32-2/h3-15,28,30H,16H2,1-2H3,(H,26,27,29). The van der Waals surface area contributed by atoms with Gasteiger partial charge in [-0.3, -0.25) is 15.0 Å². The Balaban J connectivity index is 1.67. The molecule has 1 heterocycles. The van der Waals surface area contributed by atoms with Crippen molar-refractivity contribution in [3.05, 3.63) is 90.0 Å². The first-order valence-electron chi connectivity index (χ1n) is 10.5. The molecule has 0 aliphatic carbocycles. The molecule has 174 valence electrons. The van der Waals surface area contributed by atoms with E-state index >= 15 is 0 Å². The first-order valence-corrected chi connectivity index (χ1v) is 11.6. The lowest BCUT2D eigenvalue weighted by atomic mass is 10.1. The van der Waals surface area contributed by atoms with Gasteiger partial charge in [0.2, 0.25) is 11.8 Å². The number of aromatic nitrogens is 2. The molecule has 9 heteroatoms. The van der Waals surface area contributed by atoms with E-state index in [0.717, 1.165) is 16.7 Å². The van der Waals surface area contributed by atoms with E-state index in [0.29, 0.717) is 27.9 Å². The van der Waals surface area contributed by atoms with Crippen LogP contribution >= 0.6 is 0 Å². The van der Waals surface area contributed by atoms with Gasteiger partial charge in [-0.15, -0.1) is 0 Å². The highest BCUT2D eigenvalue weighted by molar-refractivity contribution is 7.86. The minimum absolute atomic E-state index is 0.0494. The molecule has 0 spiro atoms. The molecule has 3 aromatic carbocycles. The average Bonchev–Trinajstić information content (AvgIpc) is 2.85. The van der Waals surface area contributed by atoms with E-state index in [4.69, 9.17) is 9.57 Å². The number of aliphatic hydroxyl groups is 1. The second-order valence-corrected chi connectivity index (χ2v) is 8.55. The van der Waals surface area contributed by atoms with Gasteiger partial charge in [0.25, 0.3) is 0 Å². The van der Waals surface area contributed by atoms with Crippen LogP contribution in [0.25, 0.3) is 11.3 Å². The van der Waals surface area contributed by atoms with E-state index in [1.165, 1.54) is 7.11 Å². The van der Waals surface area contributed by atoms with E-state index in [9.17, 15) is 9.32 Å². The monoisotopic (exact) mass is 476 g/mol. The third-order valence-corrected chi connectivity index (χ3v) is 5.95. The third-order valence-electron chi connectivity index (χ3n) is 4.90. The molecule has 8 nitrogen and oxygen atoms in total. The maximum Gasteiger partial charge on any atom is 0.238 e. The van der Waals surface area contributed by atoms with Crippen LogP contribution in [0.4, 0.5) is 11.6 Å². The highest BCUT2D eigenvalue weighted by Crippen LogP contribution is 2.29. The van der Waals surface area contributed by atoms with Gasteiger partial charge in [-0.05, 0) is 48.4 Å². The molecule has 0 saturated carbocycles. The van der Waals surface area contributed by atoms with E-state index in [-0.39, 0.29) is 12.6 Å². The highest BCUT2D eigenvalue weighted by Gasteiger charge is 2.13. The number of ether oxygens (including phenoxy) is 1. The van der Waals surface area contributed by atoms with Crippen molar-refractivity contribution in [3.8, 4) is 22.9 Å². The summed E-state index contributed by atoms with van der Waals surface area (Å²) in [5.74, 6) is 1.00. The SMILES string of the molecule is CONc1cccc(S(=O)Nc2nc(Oc3ccc(CO)cc3)cc(-c3ccccc3C)n2)c1. The molecule has 0 fully saturated rings. The summed E-state index contributed by atoms with van der Waals surface area (Å²) in [5, 5.41) is 9.26. The molecule has 1 aromatic heterocycles. The van der Waals surface area contributed by atoms with Gasteiger partial charge in [-0.25, -0.2) is 9.19 Å². The summed E-state index contributed by atoms with van der Waals surface area (Å²) >= 11 is 0. The molecule has 0 saturated heterocycles. The number of benzene rings is 3. The number of aryl methyl sites for hydroxylation is 1. The molecule has 0 amide bonds. The van der Waals surface area contributed by atoms with Gasteiger partial charge in [0.05, 0.1) is 30.0 Å². The van der Waals surface area contributed by atoms with Crippen molar-refractivity contribution in [3.63, 3.8) is 0 Å². The van der Waals surface area contributed by atoms with Crippen molar-refractivity contribution in [2.75, 3.05) is 17.3 Å². The lowest BCUT2D eigenvalue weighted by molar-refractivity contribution is 0.271. The number of aliphatic hydroxyl groups excluding tert-OH is 1. The number of nitrogens with one attached hydrogen (secondary N) is 2. The second-order valence-electron chi connectivity index (χ2n) is 7.34. The minimum Gasteiger partial charge on any atom is -0.439 e. The van der Waals surface area contributed by atoms with Crippen molar-refractivity contribution in [2.24, 2.45) is 0 Å². The predicted octanol–water partition coefficient (Wildman–Crippen LogP) is 4.84. The van der Waals surface area contributed by atoms with Gasteiger partial charge in [0.1, 0.15) is 5.75 Å². The van der Waals surface area contributed by atoms with E-state index in [2.05, 4.69) is 20.2 Å². The number of anilines is 2. The van der Waals surface area contributed by atoms with Crippen LogP contribution in [-0.4, -0.2) is 26.4 Å². The number of hydrogen-bond acceptors (Lipinski definition) is 7. The molecule has 0 aliphatic heterocycles. The molecular formula is C25H24N4O4S. The Labute approximate surface area is 200 Å². The lowest BCUT2D eigenvalue weighted by Crippen LogP contribution is -2.09. The van der Waals surface area contributed by atoms with Crippen molar-refractivity contribution in [1.82, 2.24) is 9.97 Å². The average molecular weight is 477 g/mol. The normalized spacial score (nSPS) is 11.6. The Morgan fingerprint density at radius 1 is 0.971 bits per heavy atom. The highest BCUT2D eigenvalue weighted by atomic mass is 32.2. The van der Waals surface area contributed by atoms with Gasteiger partial charge in [-0.2, -0.15) is 4.98 Å². The molecule has 0 bridgehead atoms. The second kappa shape index (κ2) is 10.9. The van der Waals surface area contributed by atoms with Crippen LogP contribution in [0.1, 0.15) is 11.1 Å². The summed E-state index contributed by atoms with van der Waals surface area (Å²) in [7, 11) is -0.126. The maximum absolute atomic E-state index is 13.0. The van der Waals surface area contributed by atoms with Crippen LogP contribution < -0.4 is 14.9 Å². The fraction of sp³-hybridized carbons (Fsp3) is 0.120. The smallest absolute Gasteiger partial charge is 0.238 e. The van der Waals surface area contributed by atoms with Crippen molar-refractivity contribution in [2.45, 2.75) is 18.4 Å². The summed E-state index contributed by atoms with van der Waals surface area (Å²) in [5.41, 5.74) is 6.73. The Morgan fingerprint density at radius 3 is 2.50 bits per heavy atom. The quantitative estimate of drug-likeness (QED) is 0.297. The van der Waals surface area contributed by atoms with Crippen molar-refractivity contribution < 1.29 is 18.9 Å². The van der Waals surface area contributed by atoms with Crippen LogP contribution in [0, 0.1) is 6.92 Å². The molecule has 3 N–H and O–H groups in total. The zero-order valence-corrected chi connectivity index (χ0v) is 19.5. The lowest BCUT2D eigenvalue weighted by Gasteiger charge is -2.12. The van der Waals surface area contributed by atoms with Gasteiger partial charge in [0, 0.05) is 11.6 Å². The number of rotatable bonds is 9. The largest absolute Gasteiger partial charge is 0.439 e. The molecular weight excluding hydrogens is 452 g/mol. The third kappa shape index (κ3) is 5.76. The maximum atomic E-state index is 13.0. The Hall–Kier alpha value is -3.79. The summed E-state index contributed by atoms with van der Waals surface area (Å²) < 4.78 is 21.8. The fourth-order valence-corrected chi connectivity index (χ4v) is 4.05.